The summed E-state index contributed by atoms with van der Waals surface area (Å²) in [5.74, 6) is 1.49. The topological polar surface area (TPSA) is 96.0 Å². The van der Waals surface area contributed by atoms with Crippen LogP contribution in [0.1, 0.15) is 13.3 Å². The largest absolute Gasteiger partial charge is 0.370 e. The molecule has 0 atom stereocenters. The van der Waals surface area contributed by atoms with Gasteiger partial charge in [-0.3, -0.25) is 0 Å². The molecule has 0 amide bonds. The van der Waals surface area contributed by atoms with Crippen LogP contribution in [0.5, 0.6) is 0 Å². The summed E-state index contributed by atoms with van der Waals surface area (Å²) < 4.78 is 24.1. The summed E-state index contributed by atoms with van der Waals surface area (Å²) in [5.41, 5.74) is 0. The molecule has 0 unspecified atom stereocenters. The summed E-state index contributed by atoms with van der Waals surface area (Å²) in [4.78, 5) is 8.12. The molecule has 1 rings (SSSR count). The standard InChI is InChI=1S/C10H19N5O2S/c1-3-11-9-7-10(14-8-13-9)12-5-4-6-15-18(2,16)17/h7-8,15H,3-6H2,1-2H3,(H2,11,12,13,14). The van der Waals surface area contributed by atoms with E-state index in [0.29, 0.717) is 19.5 Å². The van der Waals surface area contributed by atoms with Crippen molar-refractivity contribution in [2.45, 2.75) is 13.3 Å². The van der Waals surface area contributed by atoms with Crippen LogP contribution in [0, 0.1) is 0 Å². The molecule has 0 saturated carbocycles. The van der Waals surface area contributed by atoms with Crippen molar-refractivity contribution in [2.24, 2.45) is 0 Å². The zero-order chi connectivity index (χ0) is 13.4. The molecule has 102 valence electrons. The number of hydrogen-bond acceptors (Lipinski definition) is 6. The fraction of sp³-hybridized carbons (Fsp3) is 0.600. The van der Waals surface area contributed by atoms with Crippen LogP contribution in [0.3, 0.4) is 0 Å². The first-order valence-electron chi connectivity index (χ1n) is 5.75. The van der Waals surface area contributed by atoms with Gasteiger partial charge < -0.3 is 10.6 Å². The molecule has 0 aliphatic carbocycles. The number of nitrogens with zero attached hydrogens (tertiary/aromatic N) is 2. The van der Waals surface area contributed by atoms with Crippen LogP contribution >= 0.6 is 0 Å². The fourth-order valence-electron chi connectivity index (χ4n) is 1.29. The van der Waals surface area contributed by atoms with Gasteiger partial charge in [-0.15, -0.1) is 0 Å². The lowest BCUT2D eigenvalue weighted by Gasteiger charge is -2.07. The molecule has 18 heavy (non-hydrogen) atoms. The Balaban J connectivity index is 2.28. The highest BCUT2D eigenvalue weighted by molar-refractivity contribution is 7.88. The Labute approximate surface area is 107 Å². The summed E-state index contributed by atoms with van der Waals surface area (Å²) in [6.07, 6.45) is 3.32. The van der Waals surface area contributed by atoms with E-state index in [4.69, 9.17) is 0 Å². The minimum Gasteiger partial charge on any atom is -0.370 e. The van der Waals surface area contributed by atoms with Crippen LogP contribution in [0.2, 0.25) is 0 Å². The molecule has 1 heterocycles. The molecule has 0 aliphatic heterocycles. The second-order valence-corrected chi connectivity index (χ2v) is 5.60. The highest BCUT2D eigenvalue weighted by Gasteiger charge is 2.00. The Morgan fingerprint density at radius 3 is 2.44 bits per heavy atom. The quantitative estimate of drug-likeness (QED) is 0.588. The zero-order valence-corrected chi connectivity index (χ0v) is 11.4. The predicted octanol–water partition coefficient (Wildman–Crippen LogP) is 0.260. The van der Waals surface area contributed by atoms with Gasteiger partial charge in [0, 0.05) is 25.7 Å². The van der Waals surface area contributed by atoms with Gasteiger partial charge in [0.1, 0.15) is 18.0 Å². The predicted molar refractivity (Wildman–Crippen MR) is 72.1 cm³/mol. The van der Waals surface area contributed by atoms with Crippen LogP contribution in [0.15, 0.2) is 12.4 Å². The number of rotatable bonds is 8. The van der Waals surface area contributed by atoms with E-state index in [1.807, 2.05) is 13.0 Å². The summed E-state index contributed by atoms with van der Waals surface area (Å²) >= 11 is 0. The van der Waals surface area contributed by atoms with E-state index in [-0.39, 0.29) is 0 Å². The third-order valence-corrected chi connectivity index (χ3v) is 2.78. The van der Waals surface area contributed by atoms with Crippen molar-refractivity contribution >= 4 is 21.7 Å². The normalized spacial score (nSPS) is 11.2. The lowest BCUT2D eigenvalue weighted by molar-refractivity contribution is 0.586. The highest BCUT2D eigenvalue weighted by Crippen LogP contribution is 2.07. The second kappa shape index (κ2) is 7.12. The second-order valence-electron chi connectivity index (χ2n) is 3.77. The van der Waals surface area contributed by atoms with Gasteiger partial charge in [-0.25, -0.2) is 23.1 Å². The zero-order valence-electron chi connectivity index (χ0n) is 10.6. The first-order chi connectivity index (χ1) is 8.51. The number of hydrogen-bond donors (Lipinski definition) is 3. The molecular formula is C10H19N5O2S. The van der Waals surface area contributed by atoms with Gasteiger partial charge in [0.15, 0.2) is 0 Å². The Kier molecular flexibility index (Phi) is 5.79. The maximum Gasteiger partial charge on any atom is 0.208 e. The van der Waals surface area contributed by atoms with Crippen LogP contribution < -0.4 is 15.4 Å². The van der Waals surface area contributed by atoms with Gasteiger partial charge in [0.25, 0.3) is 0 Å². The van der Waals surface area contributed by atoms with Crippen LogP contribution in [0.4, 0.5) is 11.6 Å². The summed E-state index contributed by atoms with van der Waals surface area (Å²) in [6.45, 7) is 3.85. The minimum atomic E-state index is -3.10. The molecule has 0 spiro atoms. The van der Waals surface area contributed by atoms with E-state index in [2.05, 4.69) is 25.3 Å². The van der Waals surface area contributed by atoms with Crippen molar-refractivity contribution in [3.05, 3.63) is 12.4 Å². The maximum atomic E-state index is 10.8. The molecule has 7 nitrogen and oxygen atoms in total. The van der Waals surface area contributed by atoms with Crippen molar-refractivity contribution in [3.63, 3.8) is 0 Å². The third-order valence-electron chi connectivity index (χ3n) is 2.05. The molecule has 1 aromatic heterocycles. The number of nitrogens with one attached hydrogen (secondary N) is 3. The Bertz CT molecular complexity index is 463. The maximum absolute atomic E-state index is 10.8. The minimum absolute atomic E-state index is 0.414. The van der Waals surface area contributed by atoms with Gasteiger partial charge in [0.05, 0.1) is 6.26 Å². The number of sulfonamides is 1. The van der Waals surface area contributed by atoms with Gasteiger partial charge in [0.2, 0.25) is 10.0 Å². The van der Waals surface area contributed by atoms with Crippen molar-refractivity contribution in [3.8, 4) is 0 Å². The fourth-order valence-corrected chi connectivity index (χ4v) is 1.81. The Morgan fingerprint density at radius 2 is 1.83 bits per heavy atom. The first-order valence-corrected chi connectivity index (χ1v) is 7.65. The Morgan fingerprint density at radius 1 is 1.17 bits per heavy atom. The average molecular weight is 273 g/mol. The molecule has 8 heteroatoms. The van der Waals surface area contributed by atoms with E-state index in [1.165, 1.54) is 6.33 Å². The van der Waals surface area contributed by atoms with Gasteiger partial charge >= 0.3 is 0 Å². The van der Waals surface area contributed by atoms with Crippen LogP contribution in [-0.2, 0) is 10.0 Å². The SMILES string of the molecule is CCNc1cc(NCCCNS(C)(=O)=O)ncn1. The van der Waals surface area contributed by atoms with Gasteiger partial charge in [-0.05, 0) is 13.3 Å². The molecule has 3 N–H and O–H groups in total. The van der Waals surface area contributed by atoms with E-state index in [0.717, 1.165) is 24.4 Å². The number of aromatic nitrogens is 2. The molecular weight excluding hydrogens is 254 g/mol. The lowest BCUT2D eigenvalue weighted by Crippen LogP contribution is -2.24. The van der Waals surface area contributed by atoms with Crippen LogP contribution in [0.25, 0.3) is 0 Å². The van der Waals surface area contributed by atoms with E-state index < -0.39 is 10.0 Å². The molecule has 0 aromatic carbocycles. The lowest BCUT2D eigenvalue weighted by atomic mass is 10.4. The highest BCUT2D eigenvalue weighted by atomic mass is 32.2. The van der Waals surface area contributed by atoms with Crippen molar-refractivity contribution in [2.75, 3.05) is 36.5 Å². The third kappa shape index (κ3) is 6.36. The van der Waals surface area contributed by atoms with Crippen molar-refractivity contribution in [1.82, 2.24) is 14.7 Å². The smallest absolute Gasteiger partial charge is 0.208 e. The molecule has 0 radical (unpaired) electrons. The molecule has 0 fully saturated rings. The summed E-state index contributed by atoms with van der Waals surface area (Å²) in [6, 6.07) is 1.81. The van der Waals surface area contributed by atoms with Crippen molar-refractivity contribution in [1.29, 1.82) is 0 Å². The first kappa shape index (κ1) is 14.7. The molecule has 0 saturated heterocycles. The monoisotopic (exact) mass is 273 g/mol. The molecule has 0 aliphatic rings. The molecule has 0 bridgehead atoms. The Hall–Kier alpha value is -1.41. The average Bonchev–Trinajstić information content (AvgIpc) is 2.28. The summed E-state index contributed by atoms with van der Waals surface area (Å²) in [7, 11) is -3.10. The summed E-state index contributed by atoms with van der Waals surface area (Å²) in [5, 5.41) is 6.19. The molecule has 1 aromatic rings. The number of anilines is 2. The van der Waals surface area contributed by atoms with Gasteiger partial charge in [-0.2, -0.15) is 0 Å². The van der Waals surface area contributed by atoms with Crippen LogP contribution in [-0.4, -0.2) is 44.3 Å². The van der Waals surface area contributed by atoms with Crippen molar-refractivity contribution < 1.29 is 8.42 Å². The van der Waals surface area contributed by atoms with E-state index in [9.17, 15) is 8.42 Å². The van der Waals surface area contributed by atoms with Gasteiger partial charge in [-0.1, -0.05) is 0 Å². The van der Waals surface area contributed by atoms with E-state index in [1.54, 1.807) is 0 Å². The van der Waals surface area contributed by atoms with E-state index >= 15 is 0 Å².